The van der Waals surface area contributed by atoms with Gasteiger partial charge in [0.05, 0.1) is 11.1 Å². The number of carbonyl (C=O) groups is 1. The van der Waals surface area contributed by atoms with E-state index >= 15 is 0 Å². The van der Waals surface area contributed by atoms with Crippen LogP contribution < -0.4 is 62.9 Å². The molecule has 1 saturated heterocycles. The molecule has 1 fully saturated rings. The van der Waals surface area contributed by atoms with Crippen LogP contribution in [0.25, 0.3) is 10.9 Å². The second-order valence-corrected chi connectivity index (χ2v) is 11.6. The van der Waals surface area contributed by atoms with Crippen LogP contribution in [0.1, 0.15) is 29.5 Å². The van der Waals surface area contributed by atoms with Crippen molar-refractivity contribution in [2.45, 2.75) is 37.8 Å². The summed E-state index contributed by atoms with van der Waals surface area (Å²) >= 11 is 3.41. The number of hydrogen-bond donors (Lipinski definition) is 0. The van der Waals surface area contributed by atoms with Gasteiger partial charge in [-0.05, 0) is 89.1 Å². The number of aryl methyl sites for hydroxylation is 1. The first-order chi connectivity index (χ1) is 19.4. The summed E-state index contributed by atoms with van der Waals surface area (Å²) in [5.74, 6) is 0.311. The summed E-state index contributed by atoms with van der Waals surface area (Å²) in [5, 5.41) is 4.73. The molecule has 0 saturated carbocycles. The van der Waals surface area contributed by atoms with Gasteiger partial charge >= 0.3 is 58.2 Å². The van der Waals surface area contributed by atoms with Crippen LogP contribution in [-0.4, -0.2) is 68.1 Å². The van der Waals surface area contributed by atoms with Gasteiger partial charge in [0.2, 0.25) is 0 Å². The van der Waals surface area contributed by atoms with Gasteiger partial charge in [-0.2, -0.15) is 0 Å². The molecule has 0 aromatic heterocycles. The molecule has 210 valence electrons. The third-order valence-corrected chi connectivity index (χ3v) is 8.68. The second-order valence-electron chi connectivity index (χ2n) is 10.7. The molecule has 0 aliphatic carbocycles. The minimum Gasteiger partial charge on any atom is -0.659 e. The summed E-state index contributed by atoms with van der Waals surface area (Å²) in [7, 11) is 4.04. The average molecular weight is 691 g/mol. The molecule has 2 atom stereocenters. The third-order valence-electron chi connectivity index (χ3n) is 8.03. The molecule has 5 nitrogen and oxygen atoms in total. The van der Waals surface area contributed by atoms with Crippen molar-refractivity contribution in [1.82, 2.24) is 9.80 Å². The maximum Gasteiger partial charge on any atom is 1.00 e. The Morgan fingerprint density at radius 2 is 1.78 bits per heavy atom. The van der Waals surface area contributed by atoms with Crippen molar-refractivity contribution in [3.8, 4) is 5.75 Å². The summed E-state index contributed by atoms with van der Waals surface area (Å²) < 4.78 is 20.0. The smallest absolute Gasteiger partial charge is 0.659 e. The molecular formula is C33H36BrFN3O2Rb. The van der Waals surface area contributed by atoms with Crippen molar-refractivity contribution >= 4 is 27.4 Å². The van der Waals surface area contributed by atoms with Gasteiger partial charge in [0.1, 0.15) is 11.6 Å². The number of amides is 1. The molecule has 2 heterocycles. The Labute approximate surface area is 300 Å². The van der Waals surface area contributed by atoms with Gasteiger partial charge in [-0.25, -0.2) is 4.39 Å². The predicted molar refractivity (Wildman–Crippen MR) is 162 cm³/mol. The molecule has 41 heavy (non-hydrogen) atoms. The van der Waals surface area contributed by atoms with Gasteiger partial charge in [0.15, 0.2) is 0 Å². The molecule has 0 radical (unpaired) electrons. The van der Waals surface area contributed by atoms with Gasteiger partial charge < -0.3 is 15.0 Å². The van der Waals surface area contributed by atoms with Crippen LogP contribution in [-0.2, 0) is 17.6 Å². The van der Waals surface area contributed by atoms with Crippen molar-refractivity contribution < 1.29 is 72.1 Å². The molecule has 2 aliphatic rings. The molecule has 2 aliphatic heterocycles. The quantitative estimate of drug-likeness (QED) is 0.306. The molecule has 2 unspecified atom stereocenters. The predicted octanol–water partition coefficient (Wildman–Crippen LogP) is 3.52. The summed E-state index contributed by atoms with van der Waals surface area (Å²) in [4.78, 5) is 18.1. The number of benzene rings is 3. The fourth-order valence-corrected chi connectivity index (χ4v) is 5.98. The van der Waals surface area contributed by atoms with Gasteiger partial charge in [0, 0.05) is 31.3 Å². The summed E-state index contributed by atoms with van der Waals surface area (Å²) in [5.41, 5.74) is 5.61. The molecule has 0 N–H and O–H groups in total. The van der Waals surface area contributed by atoms with Crippen LogP contribution in [0.4, 0.5) is 4.39 Å². The van der Waals surface area contributed by atoms with Gasteiger partial charge in [-0.3, -0.25) is 9.69 Å². The number of hydrogen-bond acceptors (Lipinski definition) is 3. The fourth-order valence-electron chi connectivity index (χ4n) is 5.62. The van der Waals surface area contributed by atoms with Crippen LogP contribution in [0.2, 0.25) is 0 Å². The van der Waals surface area contributed by atoms with Crippen LogP contribution in [0.3, 0.4) is 0 Å². The molecule has 5 rings (SSSR count). The van der Waals surface area contributed by atoms with E-state index in [1.54, 1.807) is 6.07 Å². The number of ether oxygens (including phenoxy) is 1. The Hall–Kier alpha value is -1.19. The van der Waals surface area contributed by atoms with Gasteiger partial charge in [0.25, 0.3) is 5.91 Å². The SMILES string of the molecule is CN(CCc1ccccc1)C(=O)C1=C(c2ccc(CCCOc3cc(F)ccc3Br)cc2)CC2C[N-]CC1N2C.[Rb+]. The van der Waals surface area contributed by atoms with E-state index in [-0.39, 0.29) is 76.0 Å². The average Bonchev–Trinajstić information content (AvgIpc) is 2.96. The Bertz CT molecular complexity index is 1350. The molecule has 3 aromatic rings. The number of likely N-dealkylation sites (N-methyl/N-ethyl adjacent to an activating group) is 2. The molecule has 8 heteroatoms. The van der Waals surface area contributed by atoms with E-state index in [2.05, 4.69) is 64.3 Å². The third kappa shape index (κ3) is 8.25. The molecule has 2 bridgehead atoms. The van der Waals surface area contributed by atoms with E-state index in [4.69, 9.17) is 10.1 Å². The van der Waals surface area contributed by atoms with E-state index in [0.717, 1.165) is 53.4 Å². The number of rotatable bonds is 10. The van der Waals surface area contributed by atoms with E-state index in [9.17, 15) is 9.18 Å². The number of fused-ring (bicyclic) bond motifs is 2. The van der Waals surface area contributed by atoms with E-state index in [1.807, 2.05) is 30.1 Å². The Kier molecular flexibility index (Phi) is 12.4. The topological polar surface area (TPSA) is 46.9 Å². The van der Waals surface area contributed by atoms with Crippen molar-refractivity contribution in [1.29, 1.82) is 0 Å². The van der Waals surface area contributed by atoms with E-state index < -0.39 is 0 Å². The minimum absolute atomic E-state index is 0. The number of halogens is 2. The molecular weight excluding hydrogens is 655 g/mol. The summed E-state index contributed by atoms with van der Waals surface area (Å²) in [6.07, 6.45) is 3.32. The minimum atomic E-state index is -0.310. The van der Waals surface area contributed by atoms with Crippen LogP contribution >= 0.6 is 15.9 Å². The van der Waals surface area contributed by atoms with E-state index in [0.29, 0.717) is 31.5 Å². The summed E-state index contributed by atoms with van der Waals surface area (Å²) in [6.45, 7) is 2.64. The zero-order valence-corrected chi connectivity index (χ0v) is 30.7. The van der Waals surface area contributed by atoms with Crippen molar-refractivity contribution in [3.05, 3.63) is 111 Å². The Morgan fingerprint density at radius 3 is 2.54 bits per heavy atom. The standard InChI is InChI=1S/C33H36BrFN3O2.Rb/c1-37(17-16-23-7-4-3-5-8-23)33(39)32-28(20-27-21-36-22-30(32)38(27)2)25-12-10-24(11-13-25)9-6-18-40-31-19-26(35)14-15-29(31)34;/h3-5,7-8,10-15,19,27,30H,6,9,16-18,20-22H2,1-2H3;/q-1;+1. The first-order valence-corrected chi connectivity index (χ1v) is 14.7. The van der Waals surface area contributed by atoms with Crippen LogP contribution in [0, 0.1) is 5.82 Å². The zero-order chi connectivity index (χ0) is 28.1. The number of nitrogens with zero attached hydrogens (tertiary/aromatic N) is 3. The maximum atomic E-state index is 13.9. The van der Waals surface area contributed by atoms with Crippen LogP contribution in [0.15, 0.2) is 82.8 Å². The number of piperazine rings is 1. The molecule has 1 amide bonds. The first kappa shape index (κ1) is 32.7. The number of carbonyl (C=O) groups excluding carboxylic acids is 1. The maximum absolute atomic E-state index is 13.9. The normalized spacial score (nSPS) is 18.5. The Balaban J connectivity index is 0.00000387. The molecule has 3 aromatic carbocycles. The van der Waals surface area contributed by atoms with Crippen molar-refractivity contribution in [2.24, 2.45) is 0 Å². The zero-order valence-electron chi connectivity index (χ0n) is 24.2. The van der Waals surface area contributed by atoms with E-state index in [1.165, 1.54) is 23.3 Å². The van der Waals surface area contributed by atoms with Crippen molar-refractivity contribution in [2.75, 3.05) is 40.3 Å². The Morgan fingerprint density at radius 1 is 1.05 bits per heavy atom. The van der Waals surface area contributed by atoms with Gasteiger partial charge in [-0.15, -0.1) is 13.1 Å². The van der Waals surface area contributed by atoms with Crippen LogP contribution in [0.5, 0.6) is 5.75 Å². The fraction of sp³-hybridized carbons (Fsp3) is 0.364. The molecule has 0 spiro atoms. The second kappa shape index (κ2) is 15.5. The monoisotopic (exact) mass is 689 g/mol. The summed E-state index contributed by atoms with van der Waals surface area (Å²) in [6, 6.07) is 23.7. The first-order valence-electron chi connectivity index (χ1n) is 14.0. The van der Waals surface area contributed by atoms with Crippen molar-refractivity contribution in [3.63, 3.8) is 0 Å². The largest absolute Gasteiger partial charge is 1.00 e. The van der Waals surface area contributed by atoms with Gasteiger partial charge in [-0.1, -0.05) is 54.6 Å².